The van der Waals surface area contributed by atoms with Crippen molar-refractivity contribution in [1.29, 1.82) is 0 Å². The van der Waals surface area contributed by atoms with E-state index in [9.17, 15) is 4.79 Å². The molecule has 26 heavy (non-hydrogen) atoms. The number of carbonyl (C=O) groups is 1. The number of fused-ring (bicyclic) bond motifs is 1. The van der Waals surface area contributed by atoms with Gasteiger partial charge in [-0.15, -0.1) is 24.8 Å². The van der Waals surface area contributed by atoms with Gasteiger partial charge in [-0.05, 0) is 25.8 Å². The van der Waals surface area contributed by atoms with Gasteiger partial charge in [-0.2, -0.15) is 0 Å². The monoisotopic (exact) mass is 406 g/mol. The maximum Gasteiger partial charge on any atom is 0.222 e. The summed E-state index contributed by atoms with van der Waals surface area (Å²) in [6, 6.07) is 0.416. The van der Waals surface area contributed by atoms with Crippen molar-refractivity contribution in [3.63, 3.8) is 0 Å². The first kappa shape index (κ1) is 23.2. The Morgan fingerprint density at radius 1 is 1.35 bits per heavy atom. The number of carbonyl (C=O) groups excluding carboxylic acids is 1. The molecule has 0 saturated carbocycles. The van der Waals surface area contributed by atoms with Gasteiger partial charge in [0.2, 0.25) is 5.91 Å². The number of nitrogens with zero attached hydrogens (tertiary/aromatic N) is 3. The average Bonchev–Trinajstić information content (AvgIpc) is 3.03. The lowest BCUT2D eigenvalue weighted by Gasteiger charge is -2.47. The number of hydrogen-bond donors (Lipinski definition) is 1. The first-order chi connectivity index (χ1) is 11.6. The second-order valence-electron chi connectivity index (χ2n) is 7.41. The van der Waals surface area contributed by atoms with Crippen LogP contribution in [-0.2, 0) is 11.3 Å². The molecule has 2 saturated heterocycles. The zero-order valence-electron chi connectivity index (χ0n) is 15.9. The zero-order chi connectivity index (χ0) is 17.1. The topological polar surface area (TPSA) is 61.6 Å². The number of aromatic nitrogens is 1. The minimum absolute atomic E-state index is 0. The van der Waals surface area contributed by atoms with Crippen LogP contribution in [0.15, 0.2) is 10.7 Å². The predicted molar refractivity (Wildman–Crippen MR) is 107 cm³/mol. The highest BCUT2D eigenvalue weighted by atomic mass is 35.5. The molecule has 0 aromatic carbocycles. The quantitative estimate of drug-likeness (QED) is 0.786. The second-order valence-corrected chi connectivity index (χ2v) is 7.41. The Labute approximate surface area is 168 Å². The average molecular weight is 407 g/mol. The van der Waals surface area contributed by atoms with Crippen LogP contribution in [0, 0.1) is 5.92 Å². The molecule has 2 aliphatic heterocycles. The van der Waals surface area contributed by atoms with Gasteiger partial charge in [0.15, 0.2) is 5.89 Å². The van der Waals surface area contributed by atoms with Crippen molar-refractivity contribution >= 4 is 30.7 Å². The van der Waals surface area contributed by atoms with E-state index in [1.54, 1.807) is 6.26 Å². The van der Waals surface area contributed by atoms with Crippen molar-refractivity contribution in [3.05, 3.63) is 17.8 Å². The van der Waals surface area contributed by atoms with Crippen molar-refractivity contribution < 1.29 is 9.21 Å². The molecule has 3 rings (SSSR count). The van der Waals surface area contributed by atoms with E-state index in [1.165, 1.54) is 0 Å². The standard InChI is InChI=1S/C18H30N4O2.2ClH/c1-13(2)18-20-15(12-24-18)11-21-8-6-16-14(10-21)4-5-17(23)22(16)9-7-19-3;;/h12-14,16,19H,4-11H2,1-3H3;2*1H/t14-,16+;;/m0../s1. The van der Waals surface area contributed by atoms with E-state index in [1.807, 2.05) is 7.05 Å². The molecule has 1 aromatic rings. The maximum absolute atomic E-state index is 12.3. The Balaban J connectivity index is 0.00000169. The highest BCUT2D eigenvalue weighted by Gasteiger charge is 2.38. The van der Waals surface area contributed by atoms with E-state index in [2.05, 4.69) is 33.9 Å². The summed E-state index contributed by atoms with van der Waals surface area (Å²) in [4.78, 5) is 21.4. The van der Waals surface area contributed by atoms with Crippen molar-refractivity contribution in [3.8, 4) is 0 Å². The van der Waals surface area contributed by atoms with Crippen LogP contribution < -0.4 is 5.32 Å². The minimum Gasteiger partial charge on any atom is -0.448 e. The van der Waals surface area contributed by atoms with E-state index in [0.717, 1.165) is 57.2 Å². The summed E-state index contributed by atoms with van der Waals surface area (Å²) in [7, 11) is 1.94. The SMILES string of the molecule is CNCCN1C(=O)CC[C@H]2CN(Cc3coc(C(C)C)n3)CC[C@H]21.Cl.Cl. The van der Waals surface area contributed by atoms with Gasteiger partial charge in [0.05, 0.1) is 5.69 Å². The van der Waals surface area contributed by atoms with E-state index in [-0.39, 0.29) is 24.8 Å². The van der Waals surface area contributed by atoms with E-state index >= 15 is 0 Å². The molecule has 0 bridgehead atoms. The van der Waals surface area contributed by atoms with Gasteiger partial charge in [0.25, 0.3) is 0 Å². The van der Waals surface area contributed by atoms with Gasteiger partial charge in [0.1, 0.15) is 6.26 Å². The Kier molecular flexibility index (Phi) is 9.38. The van der Waals surface area contributed by atoms with Gasteiger partial charge < -0.3 is 14.6 Å². The largest absolute Gasteiger partial charge is 0.448 e. The second kappa shape index (κ2) is 10.5. The van der Waals surface area contributed by atoms with Crippen LogP contribution in [0.4, 0.5) is 0 Å². The summed E-state index contributed by atoms with van der Waals surface area (Å²) in [6.45, 7) is 8.82. The molecular formula is C18H32Cl2N4O2. The van der Waals surface area contributed by atoms with Crippen molar-refractivity contribution in [1.82, 2.24) is 20.1 Å². The van der Waals surface area contributed by atoms with Gasteiger partial charge in [0, 0.05) is 51.1 Å². The Hall–Kier alpha value is -0.820. The first-order valence-electron chi connectivity index (χ1n) is 9.19. The fourth-order valence-electron chi connectivity index (χ4n) is 3.98. The van der Waals surface area contributed by atoms with Gasteiger partial charge in [-0.25, -0.2) is 4.98 Å². The summed E-state index contributed by atoms with van der Waals surface area (Å²) in [5, 5.41) is 3.16. The molecule has 3 heterocycles. The molecule has 0 spiro atoms. The summed E-state index contributed by atoms with van der Waals surface area (Å²) in [5.74, 6) is 2.07. The Morgan fingerprint density at radius 3 is 2.77 bits per heavy atom. The fourth-order valence-corrected chi connectivity index (χ4v) is 3.98. The number of hydrogen-bond acceptors (Lipinski definition) is 5. The lowest BCUT2D eigenvalue weighted by molar-refractivity contribution is -0.141. The molecule has 150 valence electrons. The normalized spacial score (nSPS) is 23.4. The van der Waals surface area contributed by atoms with Crippen LogP contribution in [0.2, 0.25) is 0 Å². The molecule has 2 aliphatic rings. The zero-order valence-corrected chi connectivity index (χ0v) is 17.6. The highest BCUT2D eigenvalue weighted by molar-refractivity contribution is 5.85. The molecule has 8 heteroatoms. The molecular weight excluding hydrogens is 375 g/mol. The van der Waals surface area contributed by atoms with Crippen molar-refractivity contribution in [2.45, 2.75) is 51.6 Å². The minimum atomic E-state index is 0. The Morgan fingerprint density at radius 2 is 2.12 bits per heavy atom. The van der Waals surface area contributed by atoms with Crippen molar-refractivity contribution in [2.75, 3.05) is 33.2 Å². The van der Waals surface area contributed by atoms with Gasteiger partial charge in [-0.3, -0.25) is 9.69 Å². The van der Waals surface area contributed by atoms with Crippen molar-refractivity contribution in [2.24, 2.45) is 5.92 Å². The number of likely N-dealkylation sites (tertiary alicyclic amines) is 2. The van der Waals surface area contributed by atoms with E-state index in [4.69, 9.17) is 4.42 Å². The number of piperidine rings is 2. The van der Waals surface area contributed by atoms with Crippen LogP contribution in [0.1, 0.15) is 50.6 Å². The molecule has 2 fully saturated rings. The molecule has 1 amide bonds. The Bertz CT molecular complexity index is 567. The summed E-state index contributed by atoms with van der Waals surface area (Å²) in [6.07, 6.45) is 4.58. The fraction of sp³-hybridized carbons (Fsp3) is 0.778. The smallest absolute Gasteiger partial charge is 0.222 e. The number of likely N-dealkylation sites (N-methyl/N-ethyl adjacent to an activating group) is 1. The molecule has 0 unspecified atom stereocenters. The van der Waals surface area contributed by atoms with Gasteiger partial charge >= 0.3 is 0 Å². The van der Waals surface area contributed by atoms with Gasteiger partial charge in [-0.1, -0.05) is 13.8 Å². The third-order valence-corrected chi connectivity index (χ3v) is 5.28. The van der Waals surface area contributed by atoms with E-state index < -0.39 is 0 Å². The molecule has 1 N–H and O–H groups in total. The summed E-state index contributed by atoms with van der Waals surface area (Å²) in [5.41, 5.74) is 1.02. The van der Waals surface area contributed by atoms with Crippen LogP contribution in [-0.4, -0.2) is 60.0 Å². The van der Waals surface area contributed by atoms with E-state index in [0.29, 0.717) is 30.2 Å². The van der Waals surface area contributed by atoms with Crippen LogP contribution in [0.25, 0.3) is 0 Å². The predicted octanol–water partition coefficient (Wildman–Crippen LogP) is 2.67. The summed E-state index contributed by atoms with van der Waals surface area (Å²) < 4.78 is 5.55. The van der Waals surface area contributed by atoms with Crippen LogP contribution in [0.5, 0.6) is 0 Å². The highest BCUT2D eigenvalue weighted by Crippen LogP contribution is 2.31. The number of nitrogens with one attached hydrogen (secondary N) is 1. The number of amides is 1. The molecule has 2 atom stereocenters. The maximum atomic E-state index is 12.3. The molecule has 0 radical (unpaired) electrons. The number of halogens is 2. The first-order valence-corrected chi connectivity index (χ1v) is 9.19. The third kappa shape index (κ3) is 5.35. The number of rotatable bonds is 6. The molecule has 6 nitrogen and oxygen atoms in total. The molecule has 1 aromatic heterocycles. The lowest BCUT2D eigenvalue weighted by Crippen LogP contribution is -2.56. The van der Waals surface area contributed by atoms with Crippen LogP contribution >= 0.6 is 24.8 Å². The van der Waals surface area contributed by atoms with Crippen LogP contribution in [0.3, 0.4) is 0 Å². The third-order valence-electron chi connectivity index (χ3n) is 5.28. The lowest BCUT2D eigenvalue weighted by atomic mass is 9.83. The summed E-state index contributed by atoms with van der Waals surface area (Å²) >= 11 is 0. The molecule has 0 aliphatic carbocycles. The number of oxazole rings is 1.